The minimum Gasteiger partial charge on any atom is -0.478 e. The van der Waals surface area contributed by atoms with Gasteiger partial charge in [0, 0.05) is 0 Å². The molecule has 0 atom stereocenters. The third kappa shape index (κ3) is 5.62. The molecular weight excluding hydrogens is 352 g/mol. The zero-order valence-corrected chi connectivity index (χ0v) is 13.3. The first-order valence-electron chi connectivity index (χ1n) is 6.22. The summed E-state index contributed by atoms with van der Waals surface area (Å²) in [5.41, 5.74) is -1.20. The Hall–Kier alpha value is -1.98. The largest absolute Gasteiger partial charge is 0.478 e. The minimum absolute atomic E-state index is 0.0643. The number of aromatic carboxylic acids is 2. The lowest BCUT2D eigenvalue weighted by atomic mass is 10.1. The van der Waals surface area contributed by atoms with Crippen LogP contribution in [0.15, 0.2) is 23.1 Å². The van der Waals surface area contributed by atoms with Gasteiger partial charge >= 0.3 is 11.9 Å². The van der Waals surface area contributed by atoms with Crippen LogP contribution in [-0.2, 0) is 20.0 Å². The maximum Gasteiger partial charge on any atom is 0.336 e. The first-order valence-corrected chi connectivity index (χ1v) is 9.49. The molecule has 0 unspecified atom stereocenters. The molecule has 9 nitrogen and oxygen atoms in total. The number of unbranched alkanes of at least 4 members (excludes halogenated alkanes) is 1. The molecule has 0 spiro atoms. The van der Waals surface area contributed by atoms with Crippen LogP contribution in [0.3, 0.4) is 0 Å². The highest BCUT2D eigenvalue weighted by atomic mass is 32.2. The van der Waals surface area contributed by atoms with Gasteiger partial charge in [0.15, 0.2) is 9.84 Å². The molecule has 0 aliphatic rings. The van der Waals surface area contributed by atoms with Crippen LogP contribution in [0.1, 0.15) is 33.6 Å². The van der Waals surface area contributed by atoms with E-state index in [0.29, 0.717) is 0 Å². The molecule has 0 amide bonds. The van der Waals surface area contributed by atoms with E-state index in [0.717, 1.165) is 18.2 Å². The van der Waals surface area contributed by atoms with Crippen LogP contribution in [0.2, 0.25) is 0 Å². The summed E-state index contributed by atoms with van der Waals surface area (Å²) >= 11 is 0. The van der Waals surface area contributed by atoms with Crippen LogP contribution < -0.4 is 0 Å². The van der Waals surface area contributed by atoms with Gasteiger partial charge in [-0.15, -0.1) is 0 Å². The molecular formula is C12H14O9S2. The molecule has 0 aromatic heterocycles. The monoisotopic (exact) mass is 366 g/mol. The van der Waals surface area contributed by atoms with Gasteiger partial charge in [-0.3, -0.25) is 4.55 Å². The van der Waals surface area contributed by atoms with Crippen molar-refractivity contribution in [3.05, 3.63) is 29.3 Å². The summed E-state index contributed by atoms with van der Waals surface area (Å²) in [4.78, 5) is 21.6. The predicted molar refractivity (Wildman–Crippen MR) is 78.1 cm³/mol. The van der Waals surface area contributed by atoms with Gasteiger partial charge in [0.2, 0.25) is 0 Å². The molecule has 0 aliphatic carbocycles. The Labute approximate surface area is 132 Å². The van der Waals surface area contributed by atoms with Crippen LogP contribution in [0, 0.1) is 0 Å². The fourth-order valence-corrected chi connectivity index (χ4v) is 3.74. The normalized spacial score (nSPS) is 12.0. The fraction of sp³-hybridized carbons (Fsp3) is 0.333. The van der Waals surface area contributed by atoms with E-state index in [-0.39, 0.29) is 17.7 Å². The highest BCUT2D eigenvalue weighted by Gasteiger charge is 2.21. The molecule has 1 aromatic rings. The molecule has 0 saturated carbocycles. The van der Waals surface area contributed by atoms with Crippen LogP contribution >= 0.6 is 0 Å². The molecule has 1 rings (SSSR count). The smallest absolute Gasteiger partial charge is 0.336 e. The van der Waals surface area contributed by atoms with Crippen molar-refractivity contribution >= 4 is 31.9 Å². The van der Waals surface area contributed by atoms with Crippen LogP contribution in [0.4, 0.5) is 0 Å². The second kappa shape index (κ2) is 7.06. The lowest BCUT2D eigenvalue weighted by Gasteiger charge is -2.07. The molecule has 0 bridgehead atoms. The zero-order valence-electron chi connectivity index (χ0n) is 11.7. The first-order chi connectivity index (χ1) is 10.4. The molecule has 1 aromatic carbocycles. The molecule has 0 aliphatic heterocycles. The van der Waals surface area contributed by atoms with Crippen molar-refractivity contribution in [1.82, 2.24) is 0 Å². The molecule has 128 valence electrons. The maximum atomic E-state index is 12.1. The summed E-state index contributed by atoms with van der Waals surface area (Å²) in [6.45, 7) is 0. The Morgan fingerprint density at radius 2 is 1.39 bits per heavy atom. The van der Waals surface area contributed by atoms with Crippen LogP contribution in [-0.4, -0.2) is 55.0 Å². The van der Waals surface area contributed by atoms with Crippen molar-refractivity contribution in [2.45, 2.75) is 17.7 Å². The summed E-state index contributed by atoms with van der Waals surface area (Å²) in [6.07, 6.45) is -0.151. The number of carboxylic acids is 2. The highest BCUT2D eigenvalue weighted by molar-refractivity contribution is 7.91. The topological polar surface area (TPSA) is 163 Å². The molecule has 23 heavy (non-hydrogen) atoms. The summed E-state index contributed by atoms with van der Waals surface area (Å²) in [6, 6.07) is 2.62. The third-order valence-corrected chi connectivity index (χ3v) is 5.48. The quantitative estimate of drug-likeness (QED) is 0.439. The number of carbonyl (C=O) groups is 2. The van der Waals surface area contributed by atoms with E-state index in [1.165, 1.54) is 0 Å². The number of carboxylic acid groups (broad SMARTS) is 2. The molecule has 3 N–H and O–H groups in total. The van der Waals surface area contributed by atoms with Crippen LogP contribution in [0.25, 0.3) is 0 Å². The summed E-state index contributed by atoms with van der Waals surface area (Å²) in [7, 11) is -8.09. The third-order valence-electron chi connectivity index (χ3n) is 2.88. The fourth-order valence-electron chi connectivity index (χ4n) is 1.77. The van der Waals surface area contributed by atoms with E-state index in [1.54, 1.807) is 0 Å². The summed E-state index contributed by atoms with van der Waals surface area (Å²) in [5.74, 6) is -4.13. The van der Waals surface area contributed by atoms with Gasteiger partial charge in [0.05, 0.1) is 27.5 Å². The maximum absolute atomic E-state index is 12.1. The van der Waals surface area contributed by atoms with E-state index >= 15 is 0 Å². The average molecular weight is 366 g/mol. The number of hydrogen-bond donors (Lipinski definition) is 3. The van der Waals surface area contributed by atoms with Gasteiger partial charge in [0.1, 0.15) is 0 Å². The van der Waals surface area contributed by atoms with E-state index < -0.39 is 54.5 Å². The number of hydrogen-bond acceptors (Lipinski definition) is 6. The Morgan fingerprint density at radius 1 is 0.870 bits per heavy atom. The molecule has 0 fully saturated rings. The van der Waals surface area contributed by atoms with Gasteiger partial charge in [0.25, 0.3) is 10.1 Å². The van der Waals surface area contributed by atoms with Crippen molar-refractivity contribution in [3.63, 3.8) is 0 Å². The molecule has 0 radical (unpaired) electrons. The first kappa shape index (κ1) is 19.1. The van der Waals surface area contributed by atoms with Gasteiger partial charge in [-0.2, -0.15) is 8.42 Å². The molecule has 0 heterocycles. The molecule has 11 heteroatoms. The van der Waals surface area contributed by atoms with E-state index in [2.05, 4.69) is 0 Å². The minimum atomic E-state index is -4.18. The van der Waals surface area contributed by atoms with Gasteiger partial charge < -0.3 is 10.2 Å². The van der Waals surface area contributed by atoms with Crippen molar-refractivity contribution in [1.29, 1.82) is 0 Å². The standard InChI is InChI=1S/C12H14O9S2/c13-11(14)9-4-3-8(7-10(9)12(15)16)22(17,18)5-1-2-6-23(19,20)21/h3-4,7H,1-2,5-6H2,(H,13,14)(H,15,16)(H,19,20,21). The van der Waals surface area contributed by atoms with Gasteiger partial charge in [-0.25, -0.2) is 18.0 Å². The van der Waals surface area contributed by atoms with Crippen molar-refractivity contribution in [3.8, 4) is 0 Å². The Bertz CT molecular complexity index is 822. The SMILES string of the molecule is O=C(O)c1ccc(S(=O)(=O)CCCCS(=O)(=O)O)cc1C(=O)O. The molecule has 0 saturated heterocycles. The number of rotatable bonds is 8. The zero-order chi connectivity index (χ0) is 17.8. The Morgan fingerprint density at radius 3 is 1.87 bits per heavy atom. The number of sulfone groups is 1. The van der Waals surface area contributed by atoms with E-state index in [1.807, 2.05) is 0 Å². The van der Waals surface area contributed by atoms with Crippen molar-refractivity contribution < 1.29 is 41.2 Å². The highest BCUT2D eigenvalue weighted by Crippen LogP contribution is 2.19. The summed E-state index contributed by atoms with van der Waals surface area (Å²) < 4.78 is 53.7. The number of benzene rings is 1. The Kier molecular flexibility index (Phi) is 5.86. The lowest BCUT2D eigenvalue weighted by Crippen LogP contribution is -2.13. The van der Waals surface area contributed by atoms with E-state index in [9.17, 15) is 26.4 Å². The lowest BCUT2D eigenvalue weighted by molar-refractivity contribution is 0.0651. The van der Waals surface area contributed by atoms with Crippen molar-refractivity contribution in [2.75, 3.05) is 11.5 Å². The second-order valence-electron chi connectivity index (χ2n) is 4.63. The average Bonchev–Trinajstić information content (AvgIpc) is 2.41. The van der Waals surface area contributed by atoms with E-state index in [4.69, 9.17) is 14.8 Å². The van der Waals surface area contributed by atoms with Crippen molar-refractivity contribution in [2.24, 2.45) is 0 Å². The predicted octanol–water partition coefficient (Wildman–Crippen LogP) is 0.525. The second-order valence-corrected chi connectivity index (χ2v) is 8.31. The Balaban J connectivity index is 2.98. The van der Waals surface area contributed by atoms with Gasteiger partial charge in [-0.05, 0) is 31.0 Å². The van der Waals surface area contributed by atoms with Gasteiger partial charge in [-0.1, -0.05) is 0 Å². The van der Waals surface area contributed by atoms with Crippen LogP contribution in [0.5, 0.6) is 0 Å². The summed E-state index contributed by atoms with van der Waals surface area (Å²) in [5, 5.41) is 17.8.